The van der Waals surface area contributed by atoms with Gasteiger partial charge in [-0.05, 0) is 38.8 Å². The number of unbranched alkanes of at least 4 members (excludes halogenated alkanes) is 1. The average Bonchev–Trinajstić information content (AvgIpc) is 2.60. The Morgan fingerprint density at radius 3 is 2.62 bits per heavy atom. The summed E-state index contributed by atoms with van der Waals surface area (Å²) in [6.07, 6.45) is 7.51. The number of piperidine rings is 1. The Morgan fingerprint density at radius 2 is 1.96 bits per heavy atom. The lowest BCUT2D eigenvalue weighted by atomic mass is 9.65. The monoisotopic (exact) mass is 335 g/mol. The van der Waals surface area contributed by atoms with Crippen molar-refractivity contribution in [2.75, 3.05) is 26.2 Å². The predicted octanol–water partition coefficient (Wildman–Crippen LogP) is 1.56. The minimum absolute atomic E-state index is 0.227. The van der Waals surface area contributed by atoms with Crippen LogP contribution in [0.25, 0.3) is 0 Å². The van der Waals surface area contributed by atoms with Crippen molar-refractivity contribution in [1.29, 1.82) is 0 Å². The summed E-state index contributed by atoms with van der Waals surface area (Å²) in [6, 6.07) is 0.303. The van der Waals surface area contributed by atoms with E-state index in [1.165, 1.54) is 0 Å². The molecule has 0 amide bonds. The molecule has 2 atom stereocenters. The Kier molecular flexibility index (Phi) is 5.73. The van der Waals surface area contributed by atoms with Crippen LogP contribution in [0.1, 0.15) is 64.7 Å². The number of Topliss-reactive ketones (excluding diaryl/α,β-unsaturated/α-hetero) is 2. The van der Waals surface area contributed by atoms with E-state index in [4.69, 9.17) is 0 Å². The molecule has 1 unspecified atom stereocenters. The Bertz CT molecular complexity index is 463. The van der Waals surface area contributed by atoms with Gasteiger partial charge in [-0.25, -0.2) is 0 Å². The first-order valence-electron chi connectivity index (χ1n) is 9.82. The lowest BCUT2D eigenvalue weighted by molar-refractivity contribution is -0.140. The smallest absolute Gasteiger partial charge is 0.139 e. The number of piperazine rings is 1. The molecule has 24 heavy (non-hydrogen) atoms. The first-order chi connectivity index (χ1) is 11.6. The molecule has 0 bridgehead atoms. The SMILES string of the molecule is CCCC[C@]1(CC2CNC3(CCNCC3)CN2)CC(=O)CCC1=O. The van der Waals surface area contributed by atoms with Gasteiger partial charge in [-0.15, -0.1) is 0 Å². The van der Waals surface area contributed by atoms with Crippen LogP contribution in [0.5, 0.6) is 0 Å². The van der Waals surface area contributed by atoms with E-state index < -0.39 is 5.41 Å². The molecule has 0 aromatic rings. The average molecular weight is 335 g/mol. The Labute approximate surface area is 145 Å². The maximum Gasteiger partial charge on any atom is 0.139 e. The number of rotatable bonds is 5. The molecular formula is C19H33N3O2. The summed E-state index contributed by atoms with van der Waals surface area (Å²) >= 11 is 0. The van der Waals surface area contributed by atoms with E-state index in [1.54, 1.807) is 0 Å². The normalized spacial score (nSPS) is 33.8. The Balaban J connectivity index is 1.63. The zero-order chi connectivity index (χ0) is 17.0. The molecule has 5 heteroatoms. The van der Waals surface area contributed by atoms with E-state index in [2.05, 4.69) is 22.9 Å². The van der Waals surface area contributed by atoms with Crippen LogP contribution in [0.4, 0.5) is 0 Å². The molecule has 3 aliphatic rings. The minimum Gasteiger partial charge on any atom is -0.317 e. The maximum atomic E-state index is 12.7. The van der Waals surface area contributed by atoms with Gasteiger partial charge in [-0.3, -0.25) is 9.59 Å². The molecule has 3 rings (SSSR count). The van der Waals surface area contributed by atoms with Gasteiger partial charge in [0.1, 0.15) is 11.6 Å². The first-order valence-corrected chi connectivity index (χ1v) is 9.82. The standard InChI is InChI=1S/C19H33N3O2/c1-2-3-6-18(12-16(23)4-5-17(18)24)11-15-13-22-19(14-21-15)7-9-20-10-8-19/h15,20-22H,2-14H2,1H3/t15?,18-/m0/s1. The fourth-order valence-corrected chi connectivity index (χ4v) is 4.80. The molecule has 2 heterocycles. The fourth-order valence-electron chi connectivity index (χ4n) is 4.80. The van der Waals surface area contributed by atoms with Gasteiger partial charge in [-0.2, -0.15) is 0 Å². The topological polar surface area (TPSA) is 70.2 Å². The summed E-state index contributed by atoms with van der Waals surface area (Å²) in [6.45, 7) is 6.20. The molecule has 2 saturated heterocycles. The van der Waals surface area contributed by atoms with Gasteiger partial charge in [0.25, 0.3) is 0 Å². The van der Waals surface area contributed by atoms with E-state index in [9.17, 15) is 9.59 Å². The lowest BCUT2D eigenvalue weighted by Crippen LogP contribution is -2.66. The molecule has 136 valence electrons. The molecular weight excluding hydrogens is 302 g/mol. The van der Waals surface area contributed by atoms with Crippen molar-refractivity contribution in [2.24, 2.45) is 5.41 Å². The molecule has 1 saturated carbocycles. The molecule has 1 aliphatic carbocycles. The number of nitrogens with one attached hydrogen (secondary N) is 3. The summed E-state index contributed by atoms with van der Waals surface area (Å²) < 4.78 is 0. The summed E-state index contributed by atoms with van der Waals surface area (Å²) in [5.74, 6) is 0.615. The second-order valence-electron chi connectivity index (χ2n) is 8.22. The van der Waals surface area contributed by atoms with Crippen molar-refractivity contribution in [3.05, 3.63) is 0 Å². The number of hydrogen-bond donors (Lipinski definition) is 3. The second kappa shape index (κ2) is 7.63. The third-order valence-corrected chi connectivity index (χ3v) is 6.42. The number of ketones is 2. The largest absolute Gasteiger partial charge is 0.317 e. The molecule has 3 fully saturated rings. The van der Waals surface area contributed by atoms with E-state index in [0.29, 0.717) is 31.1 Å². The zero-order valence-corrected chi connectivity index (χ0v) is 15.1. The van der Waals surface area contributed by atoms with Gasteiger partial charge in [0.15, 0.2) is 0 Å². The molecule has 0 aromatic carbocycles. The quantitative estimate of drug-likeness (QED) is 0.711. The van der Waals surface area contributed by atoms with Crippen molar-refractivity contribution in [3.8, 4) is 0 Å². The summed E-state index contributed by atoms with van der Waals surface area (Å²) in [5.41, 5.74) is -0.173. The number of hydrogen-bond acceptors (Lipinski definition) is 5. The highest BCUT2D eigenvalue weighted by Crippen LogP contribution is 2.41. The van der Waals surface area contributed by atoms with Crippen LogP contribution in [0.15, 0.2) is 0 Å². The van der Waals surface area contributed by atoms with Crippen LogP contribution >= 0.6 is 0 Å². The van der Waals surface area contributed by atoms with Crippen molar-refractivity contribution < 1.29 is 9.59 Å². The third-order valence-electron chi connectivity index (χ3n) is 6.42. The van der Waals surface area contributed by atoms with Crippen LogP contribution in [-0.2, 0) is 9.59 Å². The van der Waals surface area contributed by atoms with Crippen molar-refractivity contribution in [2.45, 2.75) is 76.3 Å². The van der Waals surface area contributed by atoms with Gasteiger partial charge in [0.2, 0.25) is 0 Å². The van der Waals surface area contributed by atoms with E-state index in [-0.39, 0.29) is 11.3 Å². The van der Waals surface area contributed by atoms with Crippen LogP contribution < -0.4 is 16.0 Å². The number of carbonyl (C=O) groups is 2. The van der Waals surface area contributed by atoms with Crippen molar-refractivity contribution in [1.82, 2.24) is 16.0 Å². The molecule has 0 aromatic heterocycles. The Hall–Kier alpha value is -0.780. The van der Waals surface area contributed by atoms with Gasteiger partial charge in [0, 0.05) is 49.3 Å². The summed E-state index contributed by atoms with van der Waals surface area (Å²) in [4.78, 5) is 24.8. The third kappa shape index (κ3) is 3.89. The predicted molar refractivity (Wildman–Crippen MR) is 95.1 cm³/mol. The summed E-state index contributed by atoms with van der Waals surface area (Å²) in [7, 11) is 0. The van der Waals surface area contributed by atoms with Crippen LogP contribution in [0.2, 0.25) is 0 Å². The molecule has 2 aliphatic heterocycles. The zero-order valence-electron chi connectivity index (χ0n) is 15.1. The highest BCUT2D eigenvalue weighted by molar-refractivity contribution is 5.97. The Morgan fingerprint density at radius 1 is 1.17 bits per heavy atom. The number of carbonyl (C=O) groups excluding carboxylic acids is 2. The van der Waals surface area contributed by atoms with Gasteiger partial charge >= 0.3 is 0 Å². The van der Waals surface area contributed by atoms with E-state index in [0.717, 1.165) is 64.7 Å². The molecule has 0 radical (unpaired) electrons. The van der Waals surface area contributed by atoms with Crippen molar-refractivity contribution in [3.63, 3.8) is 0 Å². The minimum atomic E-state index is -0.399. The highest BCUT2D eigenvalue weighted by Gasteiger charge is 2.45. The van der Waals surface area contributed by atoms with E-state index in [1.807, 2.05) is 0 Å². The van der Waals surface area contributed by atoms with Gasteiger partial charge in [0.05, 0.1) is 0 Å². The van der Waals surface area contributed by atoms with Crippen LogP contribution in [0, 0.1) is 5.41 Å². The van der Waals surface area contributed by atoms with Gasteiger partial charge < -0.3 is 16.0 Å². The molecule has 3 N–H and O–H groups in total. The van der Waals surface area contributed by atoms with Crippen LogP contribution in [-0.4, -0.2) is 49.3 Å². The molecule has 5 nitrogen and oxygen atoms in total. The lowest BCUT2D eigenvalue weighted by Gasteiger charge is -2.47. The molecule has 1 spiro atoms. The van der Waals surface area contributed by atoms with E-state index >= 15 is 0 Å². The van der Waals surface area contributed by atoms with Gasteiger partial charge in [-0.1, -0.05) is 19.8 Å². The maximum absolute atomic E-state index is 12.7. The van der Waals surface area contributed by atoms with Crippen LogP contribution in [0.3, 0.4) is 0 Å². The first kappa shape index (κ1) is 18.0. The highest BCUT2D eigenvalue weighted by atomic mass is 16.1. The second-order valence-corrected chi connectivity index (χ2v) is 8.22. The fraction of sp³-hybridized carbons (Fsp3) is 0.895. The summed E-state index contributed by atoms with van der Waals surface area (Å²) in [5, 5.41) is 10.9. The van der Waals surface area contributed by atoms with Crippen molar-refractivity contribution >= 4 is 11.6 Å².